The minimum absolute atomic E-state index is 0.0905. The molecule has 0 aromatic carbocycles. The Labute approximate surface area is 109 Å². The quantitative estimate of drug-likeness (QED) is 0.602. The summed E-state index contributed by atoms with van der Waals surface area (Å²) >= 11 is 0. The summed E-state index contributed by atoms with van der Waals surface area (Å²) in [7, 11) is 0. The fraction of sp³-hybridized carbons (Fsp3) is 0.500. The van der Waals surface area contributed by atoms with Gasteiger partial charge in [0.1, 0.15) is 11.9 Å². The first-order valence-electron chi connectivity index (χ1n) is 6.06. The van der Waals surface area contributed by atoms with Crippen LogP contribution in [0.1, 0.15) is 25.7 Å². The predicted octanol–water partition coefficient (Wildman–Crippen LogP) is 2.05. The van der Waals surface area contributed by atoms with E-state index < -0.39 is 10.9 Å². The number of aliphatic carboxylic acids is 1. The van der Waals surface area contributed by atoms with Gasteiger partial charge in [-0.3, -0.25) is 19.9 Å². The van der Waals surface area contributed by atoms with E-state index in [-0.39, 0.29) is 17.5 Å². The smallest absolute Gasteiger partial charge is 0.310 e. The SMILES string of the molecule is O=C(O)CC1(CNc2ccncc2[N+](=O)[O-])CCC1. The highest BCUT2D eigenvalue weighted by molar-refractivity contribution is 5.68. The van der Waals surface area contributed by atoms with Gasteiger partial charge in [0.25, 0.3) is 0 Å². The fourth-order valence-electron chi connectivity index (χ4n) is 2.38. The topological polar surface area (TPSA) is 105 Å². The summed E-state index contributed by atoms with van der Waals surface area (Å²) in [6.07, 6.45) is 5.44. The van der Waals surface area contributed by atoms with Crippen molar-refractivity contribution in [3.63, 3.8) is 0 Å². The van der Waals surface area contributed by atoms with Crippen LogP contribution >= 0.6 is 0 Å². The van der Waals surface area contributed by atoms with Crippen molar-refractivity contribution >= 4 is 17.3 Å². The van der Waals surface area contributed by atoms with Crippen LogP contribution < -0.4 is 5.32 Å². The van der Waals surface area contributed by atoms with Crippen LogP contribution in [0.3, 0.4) is 0 Å². The summed E-state index contributed by atoms with van der Waals surface area (Å²) in [4.78, 5) is 24.9. The van der Waals surface area contributed by atoms with E-state index in [2.05, 4.69) is 10.3 Å². The summed E-state index contributed by atoms with van der Waals surface area (Å²) in [5.74, 6) is -0.828. The zero-order chi connectivity index (χ0) is 13.9. The molecule has 1 aliphatic carbocycles. The van der Waals surface area contributed by atoms with Gasteiger partial charge in [0.2, 0.25) is 0 Å². The maximum atomic E-state index is 10.8. The van der Waals surface area contributed by atoms with E-state index in [1.54, 1.807) is 0 Å². The number of hydrogen-bond acceptors (Lipinski definition) is 5. The van der Waals surface area contributed by atoms with Gasteiger partial charge >= 0.3 is 11.7 Å². The lowest BCUT2D eigenvalue weighted by atomic mass is 9.66. The molecule has 1 heterocycles. The predicted molar refractivity (Wildman–Crippen MR) is 67.9 cm³/mol. The number of anilines is 1. The summed E-state index contributed by atoms with van der Waals surface area (Å²) < 4.78 is 0. The molecule has 1 fully saturated rings. The molecule has 0 bridgehead atoms. The standard InChI is InChI=1S/C12H15N3O4/c16-11(17)6-12(3-1-4-12)8-14-9-2-5-13-7-10(9)15(18)19/h2,5,7H,1,3-4,6,8H2,(H,13,14)(H,16,17). The highest BCUT2D eigenvalue weighted by atomic mass is 16.6. The second-order valence-corrected chi connectivity index (χ2v) is 4.93. The molecule has 1 saturated carbocycles. The highest BCUT2D eigenvalue weighted by Gasteiger charge is 2.39. The van der Waals surface area contributed by atoms with Crippen molar-refractivity contribution in [1.82, 2.24) is 4.98 Å². The van der Waals surface area contributed by atoms with E-state index in [0.29, 0.717) is 12.2 Å². The van der Waals surface area contributed by atoms with Gasteiger partial charge in [-0.05, 0) is 24.3 Å². The lowest BCUT2D eigenvalue weighted by Gasteiger charge is -2.41. The lowest BCUT2D eigenvalue weighted by molar-refractivity contribution is -0.384. The highest BCUT2D eigenvalue weighted by Crippen LogP contribution is 2.44. The minimum atomic E-state index is -0.828. The number of hydrogen-bond donors (Lipinski definition) is 2. The van der Waals surface area contributed by atoms with Crippen molar-refractivity contribution in [2.75, 3.05) is 11.9 Å². The summed E-state index contributed by atoms with van der Waals surface area (Å²) in [5, 5.41) is 22.7. The molecule has 2 N–H and O–H groups in total. The van der Waals surface area contributed by atoms with E-state index in [1.165, 1.54) is 18.5 Å². The van der Waals surface area contributed by atoms with Gasteiger partial charge in [-0.1, -0.05) is 6.42 Å². The number of nitro groups is 1. The van der Waals surface area contributed by atoms with Crippen LogP contribution in [0, 0.1) is 15.5 Å². The Balaban J connectivity index is 2.06. The maximum absolute atomic E-state index is 10.8. The van der Waals surface area contributed by atoms with Crippen LogP contribution in [0.15, 0.2) is 18.5 Å². The largest absolute Gasteiger partial charge is 0.481 e. The molecule has 0 spiro atoms. The molecule has 1 aromatic heterocycles. The molecular weight excluding hydrogens is 250 g/mol. The molecule has 0 amide bonds. The van der Waals surface area contributed by atoms with Crippen LogP contribution in [-0.2, 0) is 4.79 Å². The Morgan fingerprint density at radius 1 is 1.58 bits per heavy atom. The Morgan fingerprint density at radius 3 is 2.84 bits per heavy atom. The molecule has 0 aliphatic heterocycles. The average Bonchev–Trinajstić information content (AvgIpc) is 2.32. The van der Waals surface area contributed by atoms with E-state index in [0.717, 1.165) is 19.3 Å². The summed E-state index contributed by atoms with van der Waals surface area (Å²) in [5.41, 5.74) is 0.0205. The van der Waals surface area contributed by atoms with Crippen molar-refractivity contribution in [2.45, 2.75) is 25.7 Å². The second kappa shape index (κ2) is 5.21. The molecular formula is C12H15N3O4. The summed E-state index contributed by atoms with van der Waals surface area (Å²) in [6.45, 7) is 0.435. The molecule has 0 unspecified atom stereocenters. The zero-order valence-corrected chi connectivity index (χ0v) is 10.3. The monoisotopic (exact) mass is 265 g/mol. The van der Waals surface area contributed by atoms with Gasteiger partial charge in [-0.15, -0.1) is 0 Å². The molecule has 1 aromatic rings. The number of carbonyl (C=O) groups is 1. The number of aromatic nitrogens is 1. The Bertz CT molecular complexity index is 500. The molecule has 7 nitrogen and oxygen atoms in total. The number of carboxylic acid groups (broad SMARTS) is 1. The molecule has 0 saturated heterocycles. The van der Waals surface area contributed by atoms with Gasteiger partial charge in [-0.2, -0.15) is 0 Å². The van der Waals surface area contributed by atoms with Gasteiger partial charge < -0.3 is 10.4 Å². The van der Waals surface area contributed by atoms with Crippen LogP contribution in [-0.4, -0.2) is 27.5 Å². The Morgan fingerprint density at radius 2 is 2.32 bits per heavy atom. The average molecular weight is 265 g/mol. The van der Waals surface area contributed by atoms with Gasteiger partial charge in [0, 0.05) is 12.7 Å². The second-order valence-electron chi connectivity index (χ2n) is 4.93. The Hall–Kier alpha value is -2.18. The van der Waals surface area contributed by atoms with E-state index >= 15 is 0 Å². The van der Waals surface area contributed by atoms with Crippen molar-refractivity contribution in [3.05, 3.63) is 28.6 Å². The van der Waals surface area contributed by atoms with Crippen molar-refractivity contribution in [1.29, 1.82) is 0 Å². The fourth-order valence-corrected chi connectivity index (χ4v) is 2.38. The van der Waals surface area contributed by atoms with Crippen molar-refractivity contribution in [2.24, 2.45) is 5.41 Å². The normalized spacial score (nSPS) is 16.4. The molecule has 7 heteroatoms. The van der Waals surface area contributed by atoms with Gasteiger partial charge in [0.05, 0.1) is 11.3 Å². The van der Waals surface area contributed by atoms with E-state index in [1.807, 2.05) is 0 Å². The Kier molecular flexibility index (Phi) is 3.64. The molecule has 0 radical (unpaired) electrons. The van der Waals surface area contributed by atoms with Gasteiger partial charge in [0.15, 0.2) is 0 Å². The van der Waals surface area contributed by atoms with Crippen molar-refractivity contribution in [3.8, 4) is 0 Å². The third-order valence-electron chi connectivity index (χ3n) is 3.59. The first-order valence-corrected chi connectivity index (χ1v) is 6.06. The third kappa shape index (κ3) is 2.98. The summed E-state index contributed by atoms with van der Waals surface area (Å²) in [6, 6.07) is 1.53. The minimum Gasteiger partial charge on any atom is -0.481 e. The lowest BCUT2D eigenvalue weighted by Crippen LogP contribution is -2.38. The van der Waals surface area contributed by atoms with E-state index in [9.17, 15) is 14.9 Å². The third-order valence-corrected chi connectivity index (χ3v) is 3.59. The number of nitrogens with one attached hydrogen (secondary N) is 1. The molecule has 19 heavy (non-hydrogen) atoms. The van der Waals surface area contributed by atoms with E-state index in [4.69, 9.17) is 5.11 Å². The van der Waals surface area contributed by atoms with Crippen molar-refractivity contribution < 1.29 is 14.8 Å². The van der Waals surface area contributed by atoms with Crippen LogP contribution in [0.4, 0.5) is 11.4 Å². The van der Waals surface area contributed by atoms with Crippen LogP contribution in [0.2, 0.25) is 0 Å². The molecule has 0 atom stereocenters. The van der Waals surface area contributed by atoms with Gasteiger partial charge in [-0.25, -0.2) is 0 Å². The molecule has 1 aliphatic rings. The number of pyridine rings is 1. The first kappa shape index (κ1) is 13.3. The number of rotatable bonds is 6. The number of carboxylic acids is 1. The zero-order valence-electron chi connectivity index (χ0n) is 10.3. The first-order chi connectivity index (χ1) is 9.02. The number of nitrogens with zero attached hydrogens (tertiary/aromatic N) is 2. The maximum Gasteiger partial charge on any atom is 0.310 e. The molecule has 102 valence electrons. The molecule has 2 rings (SSSR count). The van der Waals surface area contributed by atoms with Crippen LogP contribution in [0.25, 0.3) is 0 Å². The van der Waals surface area contributed by atoms with Crippen LogP contribution in [0.5, 0.6) is 0 Å².